The third kappa shape index (κ3) is 3.20. The fourth-order valence-corrected chi connectivity index (χ4v) is 3.95. The molecule has 1 aliphatic heterocycles. The van der Waals surface area contributed by atoms with Gasteiger partial charge >= 0.3 is 6.03 Å². The Morgan fingerprint density at radius 3 is 2.28 bits per heavy atom. The van der Waals surface area contributed by atoms with E-state index in [4.69, 9.17) is 0 Å². The summed E-state index contributed by atoms with van der Waals surface area (Å²) >= 11 is 0. The third-order valence-electron chi connectivity index (χ3n) is 5.50. The Balaban J connectivity index is 1.57. The van der Waals surface area contributed by atoms with Crippen molar-refractivity contribution >= 4 is 11.9 Å². The molecule has 0 unspecified atom stereocenters. The van der Waals surface area contributed by atoms with Gasteiger partial charge in [-0.3, -0.25) is 9.69 Å². The lowest BCUT2D eigenvalue weighted by Crippen LogP contribution is -2.43. The van der Waals surface area contributed by atoms with Gasteiger partial charge < -0.3 is 5.32 Å². The minimum Gasteiger partial charge on any atom is -0.319 e. The summed E-state index contributed by atoms with van der Waals surface area (Å²) in [5.74, 6) is -0.209. The molecule has 148 valence electrons. The van der Waals surface area contributed by atoms with E-state index in [1.165, 1.54) is 4.90 Å². The van der Waals surface area contributed by atoms with Gasteiger partial charge in [0.25, 0.3) is 5.91 Å². The summed E-state index contributed by atoms with van der Waals surface area (Å²) in [6.45, 7) is 6.12. The average Bonchev–Trinajstić information content (AvgIpc) is 3.20. The molecule has 0 spiro atoms. The lowest BCUT2D eigenvalue weighted by Gasteiger charge is -2.25. The molecule has 1 saturated heterocycles. The number of urea groups is 1. The number of benzene rings is 2. The topological polar surface area (TPSA) is 67.2 Å². The quantitative estimate of drug-likeness (QED) is 0.675. The van der Waals surface area contributed by atoms with Crippen LogP contribution in [0.3, 0.4) is 0 Å². The smallest absolute Gasteiger partial charge is 0.319 e. The average molecular weight is 388 g/mol. The summed E-state index contributed by atoms with van der Waals surface area (Å²) in [5.41, 5.74) is 3.66. The highest BCUT2D eigenvalue weighted by atomic mass is 16.2. The fraction of sp³-hybridized carbons (Fsp3) is 0.261. The maximum atomic E-state index is 13.2. The van der Waals surface area contributed by atoms with Gasteiger partial charge in [-0.05, 0) is 49.6 Å². The molecule has 0 bridgehead atoms. The number of hydrogen-bond acceptors (Lipinski definition) is 3. The molecule has 6 nitrogen and oxygen atoms in total. The zero-order valence-electron chi connectivity index (χ0n) is 16.8. The SMILES string of the molecule is CC[C@]1(c2ccccc2)NC(=O)N(Cc2ccc(-n3nc(C)cc3C)cc2)C1=O. The second kappa shape index (κ2) is 7.20. The molecular weight excluding hydrogens is 364 g/mol. The van der Waals surface area contributed by atoms with Crippen molar-refractivity contribution in [1.82, 2.24) is 20.0 Å². The van der Waals surface area contributed by atoms with Crippen molar-refractivity contribution in [2.24, 2.45) is 0 Å². The maximum absolute atomic E-state index is 13.2. The number of aryl methyl sites for hydroxylation is 2. The van der Waals surface area contributed by atoms with Crippen LogP contribution in [-0.4, -0.2) is 26.6 Å². The van der Waals surface area contributed by atoms with Crippen LogP contribution in [0.2, 0.25) is 0 Å². The van der Waals surface area contributed by atoms with Crippen molar-refractivity contribution in [2.75, 3.05) is 0 Å². The molecule has 0 saturated carbocycles. The third-order valence-corrected chi connectivity index (χ3v) is 5.50. The highest BCUT2D eigenvalue weighted by Crippen LogP contribution is 2.33. The normalized spacial score (nSPS) is 18.9. The number of rotatable bonds is 5. The molecular formula is C23H24N4O2. The standard InChI is InChI=1S/C23H24N4O2/c1-4-23(19-8-6-5-7-9-19)21(28)26(22(29)24-23)15-18-10-12-20(13-11-18)27-17(3)14-16(2)25-27/h5-14H,4,15H2,1-3H3,(H,24,29)/t23-/m1/s1. The van der Waals surface area contributed by atoms with Gasteiger partial charge in [0, 0.05) is 5.69 Å². The highest BCUT2D eigenvalue weighted by molar-refractivity contribution is 6.07. The van der Waals surface area contributed by atoms with Crippen LogP contribution in [-0.2, 0) is 16.9 Å². The van der Waals surface area contributed by atoms with Gasteiger partial charge in [0.15, 0.2) is 0 Å². The van der Waals surface area contributed by atoms with E-state index >= 15 is 0 Å². The van der Waals surface area contributed by atoms with Gasteiger partial charge in [0.05, 0.1) is 17.9 Å². The lowest BCUT2D eigenvalue weighted by molar-refractivity contribution is -0.132. The Kier molecular flexibility index (Phi) is 4.70. The van der Waals surface area contributed by atoms with E-state index in [-0.39, 0.29) is 18.5 Å². The molecule has 1 N–H and O–H groups in total. The van der Waals surface area contributed by atoms with Crippen LogP contribution in [0.4, 0.5) is 4.79 Å². The van der Waals surface area contributed by atoms with Crippen LogP contribution in [0.1, 0.15) is 35.9 Å². The maximum Gasteiger partial charge on any atom is 0.325 e. The van der Waals surface area contributed by atoms with Crippen LogP contribution >= 0.6 is 0 Å². The molecule has 6 heteroatoms. The summed E-state index contributed by atoms with van der Waals surface area (Å²) < 4.78 is 1.88. The zero-order valence-corrected chi connectivity index (χ0v) is 16.8. The first-order valence-electron chi connectivity index (χ1n) is 9.77. The van der Waals surface area contributed by atoms with Crippen LogP contribution in [0, 0.1) is 13.8 Å². The summed E-state index contributed by atoms with van der Waals surface area (Å²) in [7, 11) is 0. The molecule has 4 rings (SSSR count). The Hall–Kier alpha value is -3.41. The summed E-state index contributed by atoms with van der Waals surface area (Å²) in [6, 6.07) is 18.9. The van der Waals surface area contributed by atoms with Crippen molar-refractivity contribution in [3.8, 4) is 5.69 Å². The van der Waals surface area contributed by atoms with E-state index in [2.05, 4.69) is 10.4 Å². The summed E-state index contributed by atoms with van der Waals surface area (Å²) in [4.78, 5) is 27.2. The van der Waals surface area contributed by atoms with Gasteiger partial charge in [-0.2, -0.15) is 5.10 Å². The molecule has 0 radical (unpaired) electrons. The number of nitrogens with zero attached hydrogens (tertiary/aromatic N) is 3. The molecule has 3 amide bonds. The van der Waals surface area contributed by atoms with Gasteiger partial charge in [0.2, 0.25) is 0 Å². The van der Waals surface area contributed by atoms with E-state index in [9.17, 15) is 9.59 Å². The summed E-state index contributed by atoms with van der Waals surface area (Å²) in [6.07, 6.45) is 0.495. The van der Waals surface area contributed by atoms with Crippen LogP contribution in [0.15, 0.2) is 60.7 Å². The molecule has 2 heterocycles. The number of amides is 3. The van der Waals surface area contributed by atoms with Gasteiger partial charge in [0.1, 0.15) is 5.54 Å². The largest absolute Gasteiger partial charge is 0.325 e. The Bertz CT molecular complexity index is 1060. The lowest BCUT2D eigenvalue weighted by atomic mass is 9.87. The van der Waals surface area contributed by atoms with Crippen molar-refractivity contribution in [2.45, 2.75) is 39.3 Å². The van der Waals surface area contributed by atoms with Crippen LogP contribution < -0.4 is 5.32 Å². The predicted octanol–water partition coefficient (Wildman–Crippen LogP) is 3.85. The first kappa shape index (κ1) is 18.9. The number of carbonyl (C=O) groups is 2. The number of imide groups is 1. The molecule has 2 aromatic carbocycles. The van der Waals surface area contributed by atoms with Crippen LogP contribution in [0.25, 0.3) is 5.69 Å². The first-order valence-corrected chi connectivity index (χ1v) is 9.77. The number of nitrogens with one attached hydrogen (secondary N) is 1. The monoisotopic (exact) mass is 388 g/mol. The molecule has 1 aromatic heterocycles. The molecule has 1 aliphatic rings. The highest BCUT2D eigenvalue weighted by Gasteiger charge is 2.50. The van der Waals surface area contributed by atoms with Crippen LogP contribution in [0.5, 0.6) is 0 Å². The Labute approximate surface area is 170 Å². The van der Waals surface area contributed by atoms with Crippen molar-refractivity contribution in [3.63, 3.8) is 0 Å². The second-order valence-corrected chi connectivity index (χ2v) is 7.45. The Morgan fingerprint density at radius 2 is 1.69 bits per heavy atom. The number of aromatic nitrogens is 2. The van der Waals surface area contributed by atoms with Gasteiger partial charge in [-0.15, -0.1) is 0 Å². The molecule has 1 atom stereocenters. The van der Waals surface area contributed by atoms with E-state index in [0.29, 0.717) is 6.42 Å². The molecule has 0 aliphatic carbocycles. The number of carbonyl (C=O) groups excluding carboxylic acids is 2. The minimum atomic E-state index is -0.998. The predicted molar refractivity (Wildman–Crippen MR) is 111 cm³/mol. The van der Waals surface area contributed by atoms with Crippen molar-refractivity contribution in [3.05, 3.63) is 83.2 Å². The second-order valence-electron chi connectivity index (χ2n) is 7.45. The summed E-state index contributed by atoms with van der Waals surface area (Å²) in [5, 5.41) is 7.41. The van der Waals surface area contributed by atoms with E-state index in [1.54, 1.807) is 0 Å². The van der Waals surface area contributed by atoms with Crippen molar-refractivity contribution < 1.29 is 9.59 Å². The van der Waals surface area contributed by atoms with Gasteiger partial charge in [-0.1, -0.05) is 49.4 Å². The zero-order chi connectivity index (χ0) is 20.6. The van der Waals surface area contributed by atoms with Gasteiger partial charge in [-0.25, -0.2) is 9.48 Å². The molecule has 3 aromatic rings. The minimum absolute atomic E-state index is 0.209. The fourth-order valence-electron chi connectivity index (χ4n) is 3.95. The molecule has 29 heavy (non-hydrogen) atoms. The van der Waals surface area contributed by atoms with Crippen molar-refractivity contribution in [1.29, 1.82) is 0 Å². The Morgan fingerprint density at radius 1 is 1.00 bits per heavy atom. The first-order chi connectivity index (χ1) is 13.9. The van der Waals surface area contributed by atoms with E-state index in [1.807, 2.05) is 86.1 Å². The van der Waals surface area contributed by atoms with E-state index < -0.39 is 5.54 Å². The van der Waals surface area contributed by atoms with E-state index in [0.717, 1.165) is 28.2 Å². The number of hydrogen-bond donors (Lipinski definition) is 1. The molecule has 1 fully saturated rings.